The minimum atomic E-state index is -0.294. The standard InChI is InChI=1S/C20H27N5O2/c1-15(20(27)25-11-9-24(10-12-25)16(2)26)21-13-18-14-23(3)22-19(18)17-7-5-4-6-8-17/h4-8,14-15,21H,9-13H2,1-3H3. The van der Waals surface area contributed by atoms with Crippen LogP contribution in [0.3, 0.4) is 0 Å². The monoisotopic (exact) mass is 369 g/mol. The summed E-state index contributed by atoms with van der Waals surface area (Å²) in [5.41, 5.74) is 3.05. The number of nitrogens with zero attached hydrogens (tertiary/aromatic N) is 4. The summed E-state index contributed by atoms with van der Waals surface area (Å²) in [7, 11) is 1.90. The van der Waals surface area contributed by atoms with Crippen LogP contribution in [0.4, 0.5) is 0 Å². The highest BCUT2D eigenvalue weighted by atomic mass is 16.2. The van der Waals surface area contributed by atoms with Gasteiger partial charge in [-0.05, 0) is 6.92 Å². The van der Waals surface area contributed by atoms with Crippen LogP contribution in [0.15, 0.2) is 36.5 Å². The molecule has 1 N–H and O–H groups in total. The molecule has 0 saturated carbocycles. The zero-order chi connectivity index (χ0) is 19.4. The van der Waals surface area contributed by atoms with Crippen LogP contribution in [0.1, 0.15) is 19.4 Å². The molecule has 3 rings (SSSR count). The van der Waals surface area contributed by atoms with Crippen LogP contribution in [-0.4, -0.2) is 63.6 Å². The maximum atomic E-state index is 12.7. The van der Waals surface area contributed by atoms with Crippen LogP contribution >= 0.6 is 0 Å². The number of aromatic nitrogens is 2. The number of hydrogen-bond acceptors (Lipinski definition) is 4. The van der Waals surface area contributed by atoms with Gasteiger partial charge >= 0.3 is 0 Å². The molecule has 0 aliphatic carbocycles. The number of amides is 2. The van der Waals surface area contributed by atoms with Gasteiger partial charge in [-0.25, -0.2) is 0 Å². The van der Waals surface area contributed by atoms with Crippen LogP contribution in [-0.2, 0) is 23.2 Å². The molecule has 1 fully saturated rings. The largest absolute Gasteiger partial charge is 0.339 e. The normalized spacial score (nSPS) is 15.7. The lowest BCUT2D eigenvalue weighted by atomic mass is 10.1. The van der Waals surface area contributed by atoms with Gasteiger partial charge in [0.15, 0.2) is 0 Å². The highest BCUT2D eigenvalue weighted by Gasteiger charge is 2.25. The number of aryl methyl sites for hydroxylation is 1. The Kier molecular flexibility index (Phi) is 5.91. The molecule has 2 aromatic rings. The van der Waals surface area contributed by atoms with Gasteiger partial charge < -0.3 is 15.1 Å². The molecule has 1 aliphatic rings. The first-order valence-corrected chi connectivity index (χ1v) is 9.31. The number of piperazine rings is 1. The minimum Gasteiger partial charge on any atom is -0.339 e. The number of carbonyl (C=O) groups excluding carboxylic acids is 2. The molecule has 7 heteroatoms. The average molecular weight is 369 g/mol. The van der Waals surface area contributed by atoms with Gasteiger partial charge in [0.2, 0.25) is 11.8 Å². The molecule has 1 aromatic carbocycles. The van der Waals surface area contributed by atoms with Crippen LogP contribution < -0.4 is 5.32 Å². The van der Waals surface area contributed by atoms with Crippen LogP contribution in [0, 0.1) is 0 Å². The Morgan fingerprint density at radius 2 is 1.74 bits per heavy atom. The molecule has 2 amide bonds. The SMILES string of the molecule is CC(=O)N1CCN(C(=O)C(C)NCc2cn(C)nc2-c2ccccc2)CC1. The molecule has 0 radical (unpaired) electrons. The highest BCUT2D eigenvalue weighted by molar-refractivity contribution is 5.82. The zero-order valence-electron chi connectivity index (χ0n) is 16.2. The highest BCUT2D eigenvalue weighted by Crippen LogP contribution is 2.21. The van der Waals surface area contributed by atoms with E-state index in [-0.39, 0.29) is 17.9 Å². The first-order valence-electron chi connectivity index (χ1n) is 9.31. The van der Waals surface area contributed by atoms with Crippen molar-refractivity contribution in [3.8, 4) is 11.3 Å². The van der Waals surface area contributed by atoms with Crippen molar-refractivity contribution in [3.05, 3.63) is 42.1 Å². The summed E-state index contributed by atoms with van der Waals surface area (Å²) in [6, 6.07) is 9.75. The zero-order valence-corrected chi connectivity index (χ0v) is 16.2. The van der Waals surface area contributed by atoms with E-state index in [9.17, 15) is 9.59 Å². The van der Waals surface area contributed by atoms with E-state index < -0.39 is 0 Å². The summed E-state index contributed by atoms with van der Waals surface area (Å²) in [6.45, 7) is 6.42. The lowest BCUT2D eigenvalue weighted by molar-refractivity contribution is -0.139. The molecular weight excluding hydrogens is 342 g/mol. The molecule has 27 heavy (non-hydrogen) atoms. The van der Waals surface area contributed by atoms with E-state index >= 15 is 0 Å². The molecule has 1 aliphatic heterocycles. The van der Waals surface area contributed by atoms with Crippen molar-refractivity contribution in [2.24, 2.45) is 7.05 Å². The van der Waals surface area contributed by atoms with Crippen molar-refractivity contribution < 1.29 is 9.59 Å². The molecule has 144 valence electrons. The van der Waals surface area contributed by atoms with Gasteiger partial charge in [0.05, 0.1) is 11.7 Å². The molecule has 2 heterocycles. The van der Waals surface area contributed by atoms with Crippen LogP contribution in [0.25, 0.3) is 11.3 Å². The van der Waals surface area contributed by atoms with Crippen molar-refractivity contribution >= 4 is 11.8 Å². The summed E-state index contributed by atoms with van der Waals surface area (Å²) in [5, 5.41) is 7.89. The van der Waals surface area contributed by atoms with E-state index in [1.165, 1.54) is 0 Å². The van der Waals surface area contributed by atoms with E-state index in [4.69, 9.17) is 0 Å². The Morgan fingerprint density at radius 1 is 1.11 bits per heavy atom. The molecular formula is C20H27N5O2. The Morgan fingerprint density at radius 3 is 2.37 bits per heavy atom. The molecule has 7 nitrogen and oxygen atoms in total. The summed E-state index contributed by atoms with van der Waals surface area (Å²) in [4.78, 5) is 27.7. The molecule has 1 atom stereocenters. The molecule has 1 aromatic heterocycles. The number of nitrogens with one attached hydrogen (secondary N) is 1. The molecule has 1 saturated heterocycles. The minimum absolute atomic E-state index is 0.0679. The quantitative estimate of drug-likeness (QED) is 0.861. The lowest BCUT2D eigenvalue weighted by Crippen LogP contribution is -2.54. The molecule has 1 unspecified atom stereocenters. The second-order valence-electron chi connectivity index (χ2n) is 6.98. The second kappa shape index (κ2) is 8.35. The van der Waals surface area contributed by atoms with E-state index in [0.717, 1.165) is 16.8 Å². The summed E-state index contributed by atoms with van der Waals surface area (Å²) in [6.07, 6.45) is 1.98. The smallest absolute Gasteiger partial charge is 0.239 e. The van der Waals surface area contributed by atoms with Gasteiger partial charge in [-0.15, -0.1) is 0 Å². The predicted octanol–water partition coefficient (Wildman–Crippen LogP) is 1.26. The lowest BCUT2D eigenvalue weighted by Gasteiger charge is -2.35. The van der Waals surface area contributed by atoms with Crippen molar-refractivity contribution in [1.29, 1.82) is 0 Å². The van der Waals surface area contributed by atoms with E-state index in [1.54, 1.807) is 16.5 Å². The summed E-state index contributed by atoms with van der Waals surface area (Å²) in [5.74, 6) is 0.140. The van der Waals surface area contributed by atoms with Crippen molar-refractivity contribution in [3.63, 3.8) is 0 Å². The average Bonchev–Trinajstić information content (AvgIpc) is 3.07. The Bertz CT molecular complexity index is 794. The molecule has 0 bridgehead atoms. The van der Waals surface area contributed by atoms with Crippen molar-refractivity contribution in [2.45, 2.75) is 26.4 Å². The van der Waals surface area contributed by atoms with E-state index in [0.29, 0.717) is 32.7 Å². The topological polar surface area (TPSA) is 70.5 Å². The van der Waals surface area contributed by atoms with Crippen molar-refractivity contribution in [2.75, 3.05) is 26.2 Å². The Labute approximate surface area is 159 Å². The number of hydrogen-bond donors (Lipinski definition) is 1. The van der Waals surface area contributed by atoms with Gasteiger partial charge in [0.1, 0.15) is 0 Å². The maximum absolute atomic E-state index is 12.7. The second-order valence-corrected chi connectivity index (χ2v) is 6.98. The van der Waals surface area contributed by atoms with Gasteiger partial charge in [0.25, 0.3) is 0 Å². The van der Waals surface area contributed by atoms with E-state index in [1.807, 2.05) is 55.4 Å². The van der Waals surface area contributed by atoms with Crippen LogP contribution in [0.5, 0.6) is 0 Å². The number of rotatable bonds is 5. The first-order chi connectivity index (χ1) is 13.0. The fourth-order valence-electron chi connectivity index (χ4n) is 3.37. The van der Waals surface area contributed by atoms with Gasteiger partial charge in [0, 0.05) is 64.0 Å². The predicted molar refractivity (Wildman–Crippen MR) is 104 cm³/mol. The van der Waals surface area contributed by atoms with Gasteiger partial charge in [-0.1, -0.05) is 30.3 Å². The summed E-state index contributed by atoms with van der Waals surface area (Å²) < 4.78 is 1.80. The maximum Gasteiger partial charge on any atom is 0.239 e. The third-order valence-electron chi connectivity index (χ3n) is 4.96. The Hall–Kier alpha value is -2.67. The number of benzene rings is 1. The first kappa shape index (κ1) is 19.1. The van der Waals surface area contributed by atoms with Crippen molar-refractivity contribution in [1.82, 2.24) is 24.9 Å². The third kappa shape index (κ3) is 4.54. The van der Waals surface area contributed by atoms with Gasteiger partial charge in [-0.2, -0.15) is 5.10 Å². The Balaban J connectivity index is 1.59. The van der Waals surface area contributed by atoms with Crippen LogP contribution in [0.2, 0.25) is 0 Å². The number of carbonyl (C=O) groups is 2. The fraction of sp³-hybridized carbons (Fsp3) is 0.450. The van der Waals surface area contributed by atoms with E-state index in [2.05, 4.69) is 10.4 Å². The summed E-state index contributed by atoms with van der Waals surface area (Å²) >= 11 is 0. The van der Waals surface area contributed by atoms with Gasteiger partial charge in [-0.3, -0.25) is 14.3 Å². The molecule has 0 spiro atoms. The fourth-order valence-corrected chi connectivity index (χ4v) is 3.37. The third-order valence-corrected chi connectivity index (χ3v) is 4.96.